The van der Waals surface area contributed by atoms with E-state index in [1.54, 1.807) is 0 Å². The Morgan fingerprint density at radius 2 is 1.39 bits per heavy atom. The molecule has 37 heteroatoms. The van der Waals surface area contributed by atoms with Crippen LogP contribution in [0.3, 0.4) is 0 Å². The number of aliphatic carboxylic acids is 2. The molecule has 4 saturated heterocycles. The number of nitrogens with one attached hydrogen (secondary N) is 5. The standard InChI is InChI=1S/C47H79N11O26/c1-16(38(49)72)53-40(74)22-8-6-10-58(22)42(76)21(7-5-9-52-46(50)51)56-41(75)28(57-39(73)20(48)11-27(66)67)17(2)79-43-30(55-19(4)63)35(32(69)25(14-60)80-43)82-44-34(71)37(33(70)26(15-61)81-44)84-47(45(77)78)12-23(64)29(54-18(3)62)36(83-47)31(68)24(65)13-59/h16-17,20-26,28-37,43-44,59-61,64-65,68-71H,5-15,48H2,1-4H3,(H2,49,72)(H,53,74)(H,54,62)(H,55,63)(H,56,75)(H,57,73)(H,66,67)(H,77,78)(H4,50,51,52)/t16-,17+,20-,21-,22-,23-,24+,25+,26+,28-,29+,30+,31+,32-,33-,34+,35+,36+,37-,43-,44-,47-/m0/s1. The van der Waals surface area contributed by atoms with Crippen molar-refractivity contribution in [2.45, 2.75) is 200 Å². The van der Waals surface area contributed by atoms with Gasteiger partial charge >= 0.3 is 11.9 Å². The summed E-state index contributed by atoms with van der Waals surface area (Å²) in [6.07, 6.45) is -31.4. The summed E-state index contributed by atoms with van der Waals surface area (Å²) in [5.41, 5.74) is 22.2. The number of primary amides is 1. The number of carboxylic acids is 2. The summed E-state index contributed by atoms with van der Waals surface area (Å²) < 4.78 is 35.1. The van der Waals surface area contributed by atoms with Gasteiger partial charge in [-0.15, -0.1) is 0 Å². The van der Waals surface area contributed by atoms with Gasteiger partial charge in [-0.1, -0.05) is 0 Å². The summed E-state index contributed by atoms with van der Waals surface area (Å²) in [7, 11) is 0. The van der Waals surface area contributed by atoms with Crippen LogP contribution in [0.1, 0.15) is 66.2 Å². The molecule has 0 aliphatic carbocycles. The van der Waals surface area contributed by atoms with Gasteiger partial charge in [-0.25, -0.2) is 4.79 Å². The molecule has 22 atom stereocenters. The lowest BCUT2D eigenvalue weighted by atomic mass is 9.88. The lowest BCUT2D eigenvalue weighted by molar-refractivity contribution is -0.382. The van der Waals surface area contributed by atoms with Crippen LogP contribution >= 0.6 is 0 Å². The Hall–Kier alpha value is -6.14. The number of aliphatic imine (C=N–C) groups is 1. The number of carbonyl (C=O) groups excluding carboxylic acids is 7. The first-order valence-corrected chi connectivity index (χ1v) is 26.5. The molecule has 4 aliphatic heterocycles. The molecule has 4 rings (SSSR count). The molecule has 37 nitrogen and oxygen atoms in total. The molecular formula is C47H79N11O26. The summed E-state index contributed by atoms with van der Waals surface area (Å²) in [6, 6.07) is -11.3. The second-order valence-electron chi connectivity index (χ2n) is 20.6. The average molecular weight is 1210 g/mol. The van der Waals surface area contributed by atoms with Crippen molar-refractivity contribution in [2.24, 2.45) is 27.9 Å². The van der Waals surface area contributed by atoms with Crippen LogP contribution in [0.15, 0.2) is 4.99 Å². The van der Waals surface area contributed by atoms with Crippen LogP contribution in [0.2, 0.25) is 0 Å². The minimum Gasteiger partial charge on any atom is -0.481 e. The number of amides is 7. The first-order chi connectivity index (χ1) is 39.3. The number of nitrogens with zero attached hydrogens (tertiary/aromatic N) is 2. The molecule has 4 aliphatic rings. The van der Waals surface area contributed by atoms with Gasteiger partial charge in [-0.05, 0) is 39.5 Å². The van der Waals surface area contributed by atoms with Crippen LogP contribution in [0.25, 0.3) is 0 Å². The molecule has 0 aromatic carbocycles. The normalized spacial score (nSPS) is 32.2. The number of rotatable bonds is 29. The Kier molecular flexibility index (Phi) is 26.2. The number of guanidine groups is 1. The van der Waals surface area contributed by atoms with Crippen molar-refractivity contribution >= 4 is 59.2 Å². The molecule has 4 fully saturated rings. The van der Waals surface area contributed by atoms with E-state index in [4.69, 9.17) is 51.4 Å². The SMILES string of the molecule is CC(=O)N[C@H]1[C@@H](O[C@H](C)[C@H](NC(=O)[C@@H](N)CC(=O)O)C(=O)N[C@@H](CCCN=C(N)N)C(=O)N2CCC[C@H]2C(=O)N[C@@H](C)C(N)=O)O[C@H](CO)[C@H](O)[C@@H]1O[C@@H]1O[C@H](CO)[C@H](O)[C@H](O[C@]2(C(=O)O)C[C@H](O)[C@@H](NC(C)=O)[C@H]([C@H](O)[C@H](O)CO)O2)[C@H]1O. The summed E-state index contributed by atoms with van der Waals surface area (Å²) in [5.74, 6) is -13.9. The number of aliphatic hydroxyl groups is 9. The van der Waals surface area contributed by atoms with E-state index < -0.39 is 220 Å². The molecule has 0 spiro atoms. The van der Waals surface area contributed by atoms with Crippen molar-refractivity contribution in [1.29, 1.82) is 0 Å². The number of ether oxygens (including phenoxy) is 6. The van der Waals surface area contributed by atoms with Crippen LogP contribution in [-0.2, 0) is 71.6 Å². The van der Waals surface area contributed by atoms with Gasteiger partial charge < -0.3 is 139 Å². The third-order valence-corrected chi connectivity index (χ3v) is 14.2. The van der Waals surface area contributed by atoms with Crippen LogP contribution in [-0.4, -0.2) is 287 Å². The van der Waals surface area contributed by atoms with Gasteiger partial charge in [0.15, 0.2) is 18.5 Å². The second-order valence-corrected chi connectivity index (χ2v) is 20.6. The molecule has 478 valence electrons. The summed E-state index contributed by atoms with van der Waals surface area (Å²) in [5, 5.41) is 130. The maximum atomic E-state index is 14.6. The van der Waals surface area contributed by atoms with E-state index in [1.165, 1.54) is 6.92 Å². The first kappa shape index (κ1) is 70.3. The predicted octanol–water partition coefficient (Wildman–Crippen LogP) is -11.9. The van der Waals surface area contributed by atoms with Crippen molar-refractivity contribution in [3.8, 4) is 0 Å². The van der Waals surface area contributed by atoms with E-state index in [2.05, 4.69) is 31.6 Å². The molecule has 0 aromatic rings. The number of carbonyl (C=O) groups is 9. The molecule has 0 saturated carbocycles. The largest absolute Gasteiger partial charge is 0.481 e. The number of aliphatic hydroxyl groups excluding tert-OH is 9. The van der Waals surface area contributed by atoms with E-state index in [0.717, 1.165) is 25.7 Å². The molecule has 7 amide bonds. The Morgan fingerprint density at radius 1 is 0.798 bits per heavy atom. The number of hydrogen-bond acceptors (Lipinski definition) is 26. The maximum absolute atomic E-state index is 14.6. The van der Waals surface area contributed by atoms with Gasteiger partial charge in [-0.3, -0.25) is 43.3 Å². The van der Waals surface area contributed by atoms with Crippen molar-refractivity contribution in [2.75, 3.05) is 32.9 Å². The molecule has 0 aromatic heterocycles. The summed E-state index contributed by atoms with van der Waals surface area (Å²) >= 11 is 0. The van der Waals surface area contributed by atoms with Crippen molar-refractivity contribution < 1.29 is 128 Å². The Morgan fingerprint density at radius 3 is 1.94 bits per heavy atom. The minimum atomic E-state index is -3.23. The van der Waals surface area contributed by atoms with Gasteiger partial charge in [0.05, 0.1) is 50.5 Å². The van der Waals surface area contributed by atoms with Crippen molar-refractivity contribution in [3.63, 3.8) is 0 Å². The lowest BCUT2D eigenvalue weighted by Crippen LogP contribution is -2.71. The monoisotopic (exact) mass is 1210 g/mol. The Balaban J connectivity index is 1.74. The highest BCUT2D eigenvalue weighted by molar-refractivity contribution is 5.96. The Bertz CT molecular complexity index is 2340. The fraction of sp³-hybridized carbons (Fsp3) is 0.787. The number of hydrogen-bond donors (Lipinski definition) is 20. The van der Waals surface area contributed by atoms with Gasteiger partial charge in [0, 0.05) is 33.4 Å². The van der Waals surface area contributed by atoms with E-state index in [9.17, 15) is 99.3 Å². The van der Waals surface area contributed by atoms with Gasteiger partial charge in [0.1, 0.15) is 91.2 Å². The molecule has 0 bridgehead atoms. The van der Waals surface area contributed by atoms with E-state index >= 15 is 0 Å². The zero-order valence-corrected chi connectivity index (χ0v) is 46.1. The number of nitrogens with two attached hydrogens (primary N) is 4. The van der Waals surface area contributed by atoms with Crippen LogP contribution in [0.4, 0.5) is 0 Å². The molecule has 0 unspecified atom stereocenters. The van der Waals surface area contributed by atoms with Gasteiger partial charge in [0.25, 0.3) is 5.79 Å². The van der Waals surface area contributed by atoms with Crippen molar-refractivity contribution in [1.82, 2.24) is 31.5 Å². The highest BCUT2D eigenvalue weighted by Crippen LogP contribution is 2.39. The smallest absolute Gasteiger partial charge is 0.364 e. The third kappa shape index (κ3) is 18.0. The molecule has 84 heavy (non-hydrogen) atoms. The fourth-order valence-corrected chi connectivity index (χ4v) is 9.80. The van der Waals surface area contributed by atoms with Gasteiger partial charge in [0.2, 0.25) is 41.4 Å². The lowest BCUT2D eigenvalue weighted by Gasteiger charge is -2.51. The number of carboxylic acid groups (broad SMARTS) is 2. The van der Waals surface area contributed by atoms with Crippen LogP contribution < -0.4 is 49.5 Å². The maximum Gasteiger partial charge on any atom is 0.364 e. The fourth-order valence-electron chi connectivity index (χ4n) is 9.80. The molecular weight excluding hydrogens is 1130 g/mol. The first-order valence-electron chi connectivity index (χ1n) is 26.5. The second kappa shape index (κ2) is 31.3. The zero-order valence-electron chi connectivity index (χ0n) is 46.1. The van der Waals surface area contributed by atoms with Crippen LogP contribution in [0, 0.1) is 0 Å². The van der Waals surface area contributed by atoms with E-state index in [-0.39, 0.29) is 38.3 Å². The topological polar surface area (TPSA) is 611 Å². The zero-order chi connectivity index (χ0) is 63.2. The minimum absolute atomic E-state index is 0.00808. The average Bonchev–Trinajstić information content (AvgIpc) is 1.78. The quantitative estimate of drug-likeness (QED) is 0.0188. The van der Waals surface area contributed by atoms with E-state index in [0.29, 0.717) is 6.42 Å². The highest BCUT2D eigenvalue weighted by Gasteiger charge is 2.60. The molecule has 24 N–H and O–H groups in total. The summed E-state index contributed by atoms with van der Waals surface area (Å²) in [6.45, 7) is 0.898. The predicted molar refractivity (Wildman–Crippen MR) is 276 cm³/mol. The molecule has 0 radical (unpaired) electrons. The van der Waals surface area contributed by atoms with Gasteiger partial charge in [-0.2, -0.15) is 0 Å². The van der Waals surface area contributed by atoms with Crippen molar-refractivity contribution in [3.05, 3.63) is 0 Å². The highest BCUT2D eigenvalue weighted by atomic mass is 16.8. The van der Waals surface area contributed by atoms with Crippen LogP contribution in [0.5, 0.6) is 0 Å². The molecule has 4 heterocycles. The van der Waals surface area contributed by atoms with E-state index in [1.807, 2.05) is 0 Å². The Labute approximate surface area is 478 Å². The number of likely N-dealkylation sites (tertiary alicyclic amines) is 1. The third-order valence-electron chi connectivity index (χ3n) is 14.2. The summed E-state index contributed by atoms with van der Waals surface area (Å²) in [4.78, 5) is 123.